The number of rotatable bonds is 9. The first-order chi connectivity index (χ1) is 18.2. The molecule has 2 nitrogen and oxygen atoms in total. The lowest BCUT2D eigenvalue weighted by Crippen LogP contribution is -2.42. The average Bonchev–Trinajstić information content (AvgIpc) is 2.98. The molecule has 0 saturated carbocycles. The molecule has 0 aliphatic rings. The van der Waals surface area contributed by atoms with Gasteiger partial charge in [-0.15, -0.1) is 0 Å². The van der Waals surface area contributed by atoms with E-state index in [-0.39, 0.29) is 5.54 Å². The molecule has 0 fully saturated rings. The highest BCUT2D eigenvalue weighted by molar-refractivity contribution is 5.73. The Balaban J connectivity index is 1.48. The molecule has 5 aromatic rings. The number of anilines is 4. The Morgan fingerprint density at radius 3 is 1.46 bits per heavy atom. The van der Waals surface area contributed by atoms with Gasteiger partial charge in [-0.05, 0) is 78.1 Å². The van der Waals surface area contributed by atoms with Crippen LogP contribution in [0.15, 0.2) is 140 Å². The molecule has 0 saturated heterocycles. The van der Waals surface area contributed by atoms with Crippen LogP contribution >= 0.6 is 0 Å². The van der Waals surface area contributed by atoms with Crippen molar-refractivity contribution < 1.29 is 0 Å². The summed E-state index contributed by atoms with van der Waals surface area (Å²) in [6, 6.07) is 49.6. The lowest BCUT2D eigenvalue weighted by atomic mass is 9.82. The Morgan fingerprint density at radius 2 is 0.919 bits per heavy atom. The number of hydrogen-bond donors (Lipinski definition) is 1. The minimum absolute atomic E-state index is 0.144. The third kappa shape index (κ3) is 5.15. The summed E-state index contributed by atoms with van der Waals surface area (Å²) in [6.45, 7) is 4.59. The molecule has 0 unspecified atom stereocenters. The minimum Gasteiger partial charge on any atom is -0.356 e. The summed E-state index contributed by atoms with van der Waals surface area (Å²) in [5.74, 6) is 0. The van der Waals surface area contributed by atoms with E-state index in [4.69, 9.17) is 0 Å². The normalized spacial score (nSPS) is 11.2. The monoisotopic (exact) mass is 482 g/mol. The van der Waals surface area contributed by atoms with Gasteiger partial charge in [-0.2, -0.15) is 0 Å². The molecule has 0 aliphatic heterocycles. The second kappa shape index (κ2) is 11.2. The van der Waals surface area contributed by atoms with E-state index in [2.05, 4.69) is 145 Å². The van der Waals surface area contributed by atoms with Crippen LogP contribution in [0.2, 0.25) is 0 Å². The highest BCUT2D eigenvalue weighted by Crippen LogP contribution is 2.44. The molecule has 5 aromatic carbocycles. The van der Waals surface area contributed by atoms with Crippen LogP contribution in [0.4, 0.5) is 22.7 Å². The molecule has 0 heterocycles. The quantitative estimate of drug-likeness (QED) is 0.225. The van der Waals surface area contributed by atoms with Gasteiger partial charge in [0.05, 0.1) is 5.54 Å². The molecule has 0 aliphatic carbocycles. The summed E-state index contributed by atoms with van der Waals surface area (Å²) in [7, 11) is 0. The molecule has 1 N–H and O–H groups in total. The summed E-state index contributed by atoms with van der Waals surface area (Å²) < 4.78 is 0. The third-order valence-corrected chi connectivity index (χ3v) is 7.33. The molecule has 0 atom stereocenters. The van der Waals surface area contributed by atoms with Gasteiger partial charge in [0.1, 0.15) is 0 Å². The fourth-order valence-electron chi connectivity index (χ4n) is 5.31. The van der Waals surface area contributed by atoms with Crippen LogP contribution in [0.1, 0.15) is 32.3 Å². The molecule has 0 amide bonds. The number of nitrogens with one attached hydrogen (secondary N) is 1. The van der Waals surface area contributed by atoms with Crippen molar-refractivity contribution in [2.45, 2.75) is 32.2 Å². The van der Waals surface area contributed by atoms with Gasteiger partial charge < -0.3 is 10.2 Å². The second-order valence-corrected chi connectivity index (χ2v) is 9.39. The van der Waals surface area contributed by atoms with E-state index in [9.17, 15) is 0 Å². The number of benzene rings is 5. The van der Waals surface area contributed by atoms with Crippen molar-refractivity contribution in [1.29, 1.82) is 0 Å². The van der Waals surface area contributed by atoms with Crippen molar-refractivity contribution in [2.75, 3.05) is 10.2 Å². The number of nitrogens with zero attached hydrogens (tertiary/aromatic N) is 1. The topological polar surface area (TPSA) is 15.3 Å². The van der Waals surface area contributed by atoms with Crippen LogP contribution in [0.3, 0.4) is 0 Å². The van der Waals surface area contributed by atoms with Gasteiger partial charge >= 0.3 is 0 Å². The molecule has 37 heavy (non-hydrogen) atoms. The summed E-state index contributed by atoms with van der Waals surface area (Å²) in [6.07, 6.45) is 2.00. The van der Waals surface area contributed by atoms with Gasteiger partial charge in [0.15, 0.2) is 0 Å². The van der Waals surface area contributed by atoms with Gasteiger partial charge in [-0.3, -0.25) is 0 Å². The van der Waals surface area contributed by atoms with E-state index in [1.807, 2.05) is 18.2 Å². The zero-order valence-electron chi connectivity index (χ0n) is 21.6. The van der Waals surface area contributed by atoms with Crippen molar-refractivity contribution >= 4 is 22.7 Å². The van der Waals surface area contributed by atoms with Crippen LogP contribution < -0.4 is 10.2 Å². The lowest BCUT2D eigenvalue weighted by Gasteiger charge is -2.45. The summed E-state index contributed by atoms with van der Waals surface area (Å²) in [4.78, 5) is 2.53. The van der Waals surface area contributed by atoms with Gasteiger partial charge in [-0.1, -0.05) is 105 Å². The first kappa shape index (κ1) is 24.4. The Morgan fingerprint density at radius 1 is 0.486 bits per heavy atom. The van der Waals surface area contributed by atoms with Gasteiger partial charge in [-0.25, -0.2) is 0 Å². The van der Waals surface area contributed by atoms with Crippen LogP contribution in [0, 0.1) is 0 Å². The van der Waals surface area contributed by atoms with Gasteiger partial charge in [0, 0.05) is 22.7 Å². The molecule has 0 spiro atoms. The van der Waals surface area contributed by atoms with E-state index in [0.29, 0.717) is 0 Å². The van der Waals surface area contributed by atoms with Gasteiger partial charge in [0.2, 0.25) is 0 Å². The standard InChI is InChI=1S/C35H34N2/c1-3-35(4-2,30-14-8-5-9-15-30)37(33-18-12-7-13-19-33)34-26-22-29(23-27-34)28-20-24-32(25-21-28)36-31-16-10-6-11-17-31/h5-27,36H,3-4H2,1-2H3. The van der Waals surface area contributed by atoms with Crippen molar-refractivity contribution in [3.8, 4) is 11.1 Å². The van der Waals surface area contributed by atoms with E-state index >= 15 is 0 Å². The molecular weight excluding hydrogens is 448 g/mol. The third-order valence-electron chi connectivity index (χ3n) is 7.33. The van der Waals surface area contributed by atoms with E-state index < -0.39 is 0 Å². The van der Waals surface area contributed by atoms with Crippen LogP contribution in [0.5, 0.6) is 0 Å². The van der Waals surface area contributed by atoms with E-state index in [0.717, 1.165) is 24.2 Å². The van der Waals surface area contributed by atoms with Crippen molar-refractivity contribution in [2.24, 2.45) is 0 Å². The largest absolute Gasteiger partial charge is 0.356 e. The van der Waals surface area contributed by atoms with Crippen molar-refractivity contribution in [3.05, 3.63) is 145 Å². The lowest BCUT2D eigenvalue weighted by molar-refractivity contribution is 0.403. The highest BCUT2D eigenvalue weighted by atomic mass is 15.2. The SMILES string of the molecule is CCC(CC)(c1ccccc1)N(c1ccccc1)c1ccc(-c2ccc(Nc3ccccc3)cc2)cc1. The first-order valence-electron chi connectivity index (χ1n) is 13.2. The van der Waals surface area contributed by atoms with Crippen molar-refractivity contribution in [1.82, 2.24) is 0 Å². The first-order valence-corrected chi connectivity index (χ1v) is 13.2. The fraction of sp³-hybridized carbons (Fsp3) is 0.143. The molecule has 0 bridgehead atoms. The smallest absolute Gasteiger partial charge is 0.0697 e. The summed E-state index contributed by atoms with van der Waals surface area (Å²) in [5.41, 5.74) is 8.20. The van der Waals surface area contributed by atoms with Crippen molar-refractivity contribution in [3.63, 3.8) is 0 Å². The predicted molar refractivity (Wildman–Crippen MR) is 159 cm³/mol. The second-order valence-electron chi connectivity index (χ2n) is 9.39. The molecule has 5 rings (SSSR count). The van der Waals surface area contributed by atoms with E-state index in [1.54, 1.807) is 0 Å². The summed E-state index contributed by atoms with van der Waals surface area (Å²) >= 11 is 0. The maximum absolute atomic E-state index is 3.46. The van der Waals surface area contributed by atoms with Crippen LogP contribution in [0.25, 0.3) is 11.1 Å². The maximum atomic E-state index is 3.46. The maximum Gasteiger partial charge on any atom is 0.0697 e. The Kier molecular flexibility index (Phi) is 7.37. The highest BCUT2D eigenvalue weighted by Gasteiger charge is 2.36. The molecular formula is C35H34N2. The minimum atomic E-state index is -0.144. The number of para-hydroxylation sites is 2. The number of hydrogen-bond acceptors (Lipinski definition) is 2. The molecule has 0 aromatic heterocycles. The predicted octanol–water partition coefficient (Wildman–Crippen LogP) is 9.95. The van der Waals surface area contributed by atoms with Crippen LogP contribution in [-0.4, -0.2) is 0 Å². The van der Waals surface area contributed by atoms with Crippen LogP contribution in [-0.2, 0) is 5.54 Å². The van der Waals surface area contributed by atoms with E-state index in [1.165, 1.54) is 28.1 Å². The summed E-state index contributed by atoms with van der Waals surface area (Å²) in [5, 5.41) is 3.46. The zero-order valence-corrected chi connectivity index (χ0v) is 21.6. The molecule has 0 radical (unpaired) electrons. The molecule has 2 heteroatoms. The van der Waals surface area contributed by atoms with Gasteiger partial charge in [0.25, 0.3) is 0 Å². The Hall–Kier alpha value is -4.30. The zero-order chi connectivity index (χ0) is 25.5. The molecule has 184 valence electrons. The Labute approximate surface area is 221 Å². The fourth-order valence-corrected chi connectivity index (χ4v) is 5.31. The Bertz CT molecular complexity index is 1370. The average molecular weight is 483 g/mol.